The van der Waals surface area contributed by atoms with Crippen molar-refractivity contribution in [1.82, 2.24) is 19.8 Å². The highest BCUT2D eigenvalue weighted by atomic mass is 16.5. The normalized spacial score (nSPS) is 20.4. The van der Waals surface area contributed by atoms with Crippen molar-refractivity contribution in [2.24, 2.45) is 0 Å². The third-order valence-electron chi connectivity index (χ3n) is 5.71. The summed E-state index contributed by atoms with van der Waals surface area (Å²) < 4.78 is 10.9. The Morgan fingerprint density at radius 2 is 1.97 bits per heavy atom. The van der Waals surface area contributed by atoms with Gasteiger partial charge in [0.05, 0.1) is 38.3 Å². The minimum Gasteiger partial charge on any atom is -0.496 e. The average Bonchev–Trinajstić information content (AvgIpc) is 2.80. The summed E-state index contributed by atoms with van der Waals surface area (Å²) in [5.41, 5.74) is 2.73. The first-order valence-electron chi connectivity index (χ1n) is 10.3. The van der Waals surface area contributed by atoms with E-state index in [2.05, 4.69) is 14.9 Å². The van der Waals surface area contributed by atoms with E-state index in [1.54, 1.807) is 19.5 Å². The number of benzene rings is 1. The number of carbonyl (C=O) groups is 1. The number of carbonyl (C=O) groups excluding carboxylic acids is 1. The number of morpholine rings is 1. The SMILES string of the molecule is COc1ccccc1-c1nccnc1[C@H]1CCCN(C(=O)CN2CCOCC2)C1. The number of amides is 1. The van der Waals surface area contributed by atoms with Crippen LogP contribution in [0.25, 0.3) is 11.3 Å². The minimum atomic E-state index is 0.172. The molecule has 0 aliphatic carbocycles. The maximum absolute atomic E-state index is 12.9. The van der Waals surface area contributed by atoms with Crippen molar-refractivity contribution in [1.29, 1.82) is 0 Å². The lowest BCUT2D eigenvalue weighted by Crippen LogP contribution is -2.47. The number of para-hydroxylation sites is 1. The number of rotatable bonds is 5. The zero-order chi connectivity index (χ0) is 20.1. The molecule has 2 aliphatic heterocycles. The van der Waals surface area contributed by atoms with E-state index >= 15 is 0 Å². The van der Waals surface area contributed by atoms with Gasteiger partial charge in [-0.3, -0.25) is 19.7 Å². The number of ether oxygens (including phenoxy) is 2. The molecule has 1 atom stereocenters. The molecule has 2 fully saturated rings. The summed E-state index contributed by atoms with van der Waals surface area (Å²) in [6, 6.07) is 7.88. The first-order valence-corrected chi connectivity index (χ1v) is 10.3. The van der Waals surface area contributed by atoms with Crippen molar-refractivity contribution < 1.29 is 14.3 Å². The molecule has 0 spiro atoms. The van der Waals surface area contributed by atoms with E-state index in [1.807, 2.05) is 29.2 Å². The van der Waals surface area contributed by atoms with Crippen LogP contribution >= 0.6 is 0 Å². The summed E-state index contributed by atoms with van der Waals surface area (Å²) in [6.07, 6.45) is 5.43. The second-order valence-corrected chi connectivity index (χ2v) is 7.56. The van der Waals surface area contributed by atoms with Crippen LogP contribution in [-0.4, -0.2) is 78.7 Å². The molecular weight excluding hydrogens is 368 g/mol. The quantitative estimate of drug-likeness (QED) is 0.772. The zero-order valence-corrected chi connectivity index (χ0v) is 16.9. The van der Waals surface area contributed by atoms with Gasteiger partial charge in [0, 0.05) is 50.1 Å². The van der Waals surface area contributed by atoms with Crippen LogP contribution in [0.15, 0.2) is 36.7 Å². The van der Waals surface area contributed by atoms with E-state index in [-0.39, 0.29) is 11.8 Å². The van der Waals surface area contributed by atoms with Crippen LogP contribution < -0.4 is 4.74 Å². The maximum Gasteiger partial charge on any atom is 0.236 e. The van der Waals surface area contributed by atoms with Crippen molar-refractivity contribution in [2.75, 3.05) is 53.0 Å². The van der Waals surface area contributed by atoms with Gasteiger partial charge in [-0.15, -0.1) is 0 Å². The topological polar surface area (TPSA) is 67.8 Å². The van der Waals surface area contributed by atoms with Gasteiger partial charge in [-0.05, 0) is 25.0 Å². The van der Waals surface area contributed by atoms with Crippen LogP contribution in [0.3, 0.4) is 0 Å². The summed E-state index contributed by atoms with van der Waals surface area (Å²) in [5, 5.41) is 0. The minimum absolute atomic E-state index is 0.172. The highest BCUT2D eigenvalue weighted by Crippen LogP contribution is 2.35. The van der Waals surface area contributed by atoms with Crippen LogP contribution in [-0.2, 0) is 9.53 Å². The predicted octanol–water partition coefficient (Wildman–Crippen LogP) is 2.19. The summed E-state index contributed by atoms with van der Waals surface area (Å²) in [5.74, 6) is 1.15. The van der Waals surface area contributed by atoms with Crippen molar-refractivity contribution in [3.05, 3.63) is 42.4 Å². The van der Waals surface area contributed by atoms with Gasteiger partial charge in [-0.1, -0.05) is 12.1 Å². The molecule has 154 valence electrons. The molecule has 7 nitrogen and oxygen atoms in total. The van der Waals surface area contributed by atoms with Gasteiger partial charge in [0.25, 0.3) is 0 Å². The second-order valence-electron chi connectivity index (χ2n) is 7.56. The van der Waals surface area contributed by atoms with Crippen LogP contribution in [0.1, 0.15) is 24.5 Å². The Balaban J connectivity index is 1.52. The molecule has 0 unspecified atom stereocenters. The number of likely N-dealkylation sites (tertiary alicyclic amines) is 1. The third kappa shape index (κ3) is 4.57. The Kier molecular flexibility index (Phi) is 6.36. The molecule has 7 heteroatoms. The van der Waals surface area contributed by atoms with E-state index in [4.69, 9.17) is 9.47 Å². The van der Waals surface area contributed by atoms with Crippen molar-refractivity contribution in [2.45, 2.75) is 18.8 Å². The summed E-state index contributed by atoms with van der Waals surface area (Å²) in [6.45, 7) is 5.02. The molecule has 29 heavy (non-hydrogen) atoms. The lowest BCUT2D eigenvalue weighted by atomic mass is 9.91. The molecule has 0 N–H and O–H groups in total. The number of hydrogen-bond acceptors (Lipinski definition) is 6. The molecule has 0 radical (unpaired) electrons. The molecule has 1 aromatic heterocycles. The fraction of sp³-hybridized carbons (Fsp3) is 0.500. The van der Waals surface area contributed by atoms with E-state index in [0.29, 0.717) is 26.3 Å². The standard InChI is InChI=1S/C22H28N4O3/c1-28-19-7-3-2-6-18(19)22-21(23-8-9-24-22)17-5-4-10-26(15-17)20(27)16-25-11-13-29-14-12-25/h2-3,6-9,17H,4-5,10-16H2,1H3/t17-/m0/s1. The highest BCUT2D eigenvalue weighted by molar-refractivity contribution is 5.78. The summed E-state index contributed by atoms with van der Waals surface area (Å²) in [4.78, 5) is 26.4. The number of aromatic nitrogens is 2. The van der Waals surface area contributed by atoms with E-state index in [1.165, 1.54) is 0 Å². The smallest absolute Gasteiger partial charge is 0.236 e. The van der Waals surface area contributed by atoms with Gasteiger partial charge in [0.1, 0.15) is 5.75 Å². The molecule has 0 bridgehead atoms. The fourth-order valence-corrected chi connectivity index (χ4v) is 4.17. The van der Waals surface area contributed by atoms with Gasteiger partial charge in [0.15, 0.2) is 0 Å². The number of methoxy groups -OCH3 is 1. The molecule has 4 rings (SSSR count). The highest BCUT2D eigenvalue weighted by Gasteiger charge is 2.29. The Hall–Kier alpha value is -2.51. The Morgan fingerprint density at radius 3 is 2.79 bits per heavy atom. The van der Waals surface area contributed by atoms with E-state index < -0.39 is 0 Å². The van der Waals surface area contributed by atoms with Crippen LogP contribution in [0.2, 0.25) is 0 Å². The molecule has 1 amide bonds. The monoisotopic (exact) mass is 396 g/mol. The maximum atomic E-state index is 12.9. The Morgan fingerprint density at radius 1 is 1.17 bits per heavy atom. The van der Waals surface area contributed by atoms with Crippen LogP contribution in [0, 0.1) is 0 Å². The molecule has 2 saturated heterocycles. The van der Waals surface area contributed by atoms with E-state index in [0.717, 1.165) is 55.2 Å². The molecule has 2 aliphatic rings. The largest absolute Gasteiger partial charge is 0.496 e. The Labute approximate surface area is 171 Å². The fourth-order valence-electron chi connectivity index (χ4n) is 4.17. The van der Waals surface area contributed by atoms with Gasteiger partial charge in [-0.2, -0.15) is 0 Å². The van der Waals surface area contributed by atoms with Crippen molar-refractivity contribution >= 4 is 5.91 Å². The average molecular weight is 396 g/mol. The molecular formula is C22H28N4O3. The van der Waals surface area contributed by atoms with E-state index in [9.17, 15) is 4.79 Å². The molecule has 2 aromatic rings. The first kappa shape index (κ1) is 19.8. The van der Waals surface area contributed by atoms with Gasteiger partial charge < -0.3 is 14.4 Å². The van der Waals surface area contributed by atoms with Crippen LogP contribution in [0.4, 0.5) is 0 Å². The van der Waals surface area contributed by atoms with Gasteiger partial charge in [0.2, 0.25) is 5.91 Å². The van der Waals surface area contributed by atoms with Gasteiger partial charge in [-0.25, -0.2) is 0 Å². The summed E-state index contributed by atoms with van der Waals surface area (Å²) >= 11 is 0. The Bertz CT molecular complexity index is 838. The first-order chi connectivity index (χ1) is 14.3. The lowest BCUT2D eigenvalue weighted by molar-refractivity contribution is -0.134. The molecule has 3 heterocycles. The number of nitrogens with zero attached hydrogens (tertiary/aromatic N) is 4. The third-order valence-corrected chi connectivity index (χ3v) is 5.71. The number of piperidine rings is 1. The molecule has 0 saturated carbocycles. The number of hydrogen-bond donors (Lipinski definition) is 0. The van der Waals surface area contributed by atoms with Crippen molar-refractivity contribution in [3.63, 3.8) is 0 Å². The second kappa shape index (κ2) is 9.33. The summed E-state index contributed by atoms with van der Waals surface area (Å²) in [7, 11) is 1.67. The van der Waals surface area contributed by atoms with Crippen molar-refractivity contribution in [3.8, 4) is 17.0 Å². The molecule has 1 aromatic carbocycles. The van der Waals surface area contributed by atoms with Gasteiger partial charge >= 0.3 is 0 Å². The zero-order valence-electron chi connectivity index (χ0n) is 16.9. The van der Waals surface area contributed by atoms with Crippen LogP contribution in [0.5, 0.6) is 5.75 Å². The lowest BCUT2D eigenvalue weighted by Gasteiger charge is -2.35. The predicted molar refractivity (Wildman–Crippen MR) is 110 cm³/mol.